The van der Waals surface area contributed by atoms with E-state index in [1.54, 1.807) is 20.2 Å². The Morgan fingerprint density at radius 3 is 2.61 bits per heavy atom. The smallest absolute Gasteiger partial charge is 0.262 e. The molecule has 6 nitrogen and oxygen atoms in total. The first-order chi connectivity index (χ1) is 8.34. The van der Waals surface area contributed by atoms with Gasteiger partial charge in [-0.25, -0.2) is 13.4 Å². The van der Waals surface area contributed by atoms with Gasteiger partial charge in [0, 0.05) is 25.8 Å². The third-order valence-corrected chi connectivity index (χ3v) is 4.99. The van der Waals surface area contributed by atoms with Crippen LogP contribution in [0.3, 0.4) is 0 Å². The van der Waals surface area contributed by atoms with E-state index in [9.17, 15) is 8.42 Å². The molecule has 1 atom stereocenters. The van der Waals surface area contributed by atoms with Gasteiger partial charge in [0.2, 0.25) is 0 Å². The highest BCUT2D eigenvalue weighted by molar-refractivity contribution is 7.89. The highest BCUT2D eigenvalue weighted by atomic mass is 32.2. The van der Waals surface area contributed by atoms with Gasteiger partial charge in [0.1, 0.15) is 5.82 Å². The van der Waals surface area contributed by atoms with Crippen LogP contribution in [0.25, 0.3) is 0 Å². The molecule has 1 aromatic heterocycles. The number of hydrogen-bond donors (Lipinski definition) is 1. The van der Waals surface area contributed by atoms with Crippen molar-refractivity contribution < 1.29 is 8.42 Å². The summed E-state index contributed by atoms with van der Waals surface area (Å²) in [5.74, 6) is 0.705. The second-order valence-corrected chi connectivity index (χ2v) is 6.30. The summed E-state index contributed by atoms with van der Waals surface area (Å²) in [4.78, 5) is 4.12. The van der Waals surface area contributed by atoms with E-state index < -0.39 is 10.0 Å². The third kappa shape index (κ3) is 2.90. The first-order valence-corrected chi connectivity index (χ1v) is 7.50. The molecule has 0 aliphatic heterocycles. The maximum atomic E-state index is 12.3. The van der Waals surface area contributed by atoms with Crippen molar-refractivity contribution in [1.82, 2.24) is 13.9 Å². The van der Waals surface area contributed by atoms with Gasteiger partial charge in [-0.3, -0.25) is 0 Å². The van der Waals surface area contributed by atoms with Gasteiger partial charge in [0.25, 0.3) is 10.0 Å². The second kappa shape index (κ2) is 5.81. The molecule has 1 aromatic rings. The molecule has 1 rings (SSSR count). The first kappa shape index (κ1) is 15.1. The van der Waals surface area contributed by atoms with Crippen molar-refractivity contribution >= 4 is 10.0 Å². The minimum Gasteiger partial charge on any atom is -0.334 e. The number of nitrogens with zero attached hydrogens (tertiary/aromatic N) is 3. The van der Waals surface area contributed by atoms with Crippen LogP contribution in [0.15, 0.2) is 11.2 Å². The summed E-state index contributed by atoms with van der Waals surface area (Å²) < 4.78 is 27.8. The van der Waals surface area contributed by atoms with E-state index in [1.165, 1.54) is 4.31 Å². The predicted molar refractivity (Wildman–Crippen MR) is 70.7 cm³/mol. The van der Waals surface area contributed by atoms with Gasteiger partial charge in [0.15, 0.2) is 5.03 Å². The number of hydrogen-bond acceptors (Lipinski definition) is 4. The topological polar surface area (TPSA) is 81.2 Å². The summed E-state index contributed by atoms with van der Waals surface area (Å²) in [5, 5.41) is 0.105. The predicted octanol–water partition coefficient (Wildman–Crippen LogP) is 0.569. The van der Waals surface area contributed by atoms with Crippen molar-refractivity contribution in [3.05, 3.63) is 12.0 Å². The van der Waals surface area contributed by atoms with E-state index in [4.69, 9.17) is 5.73 Å². The van der Waals surface area contributed by atoms with E-state index in [2.05, 4.69) is 4.98 Å². The lowest BCUT2D eigenvalue weighted by molar-refractivity contribution is 0.373. The molecule has 0 spiro atoms. The van der Waals surface area contributed by atoms with Crippen LogP contribution in [0.1, 0.15) is 26.1 Å². The molecule has 1 heterocycles. The van der Waals surface area contributed by atoms with Gasteiger partial charge in [-0.05, 0) is 33.7 Å². The molecule has 7 heteroatoms. The second-order valence-electron chi connectivity index (χ2n) is 4.36. The average molecular weight is 274 g/mol. The third-order valence-electron chi connectivity index (χ3n) is 3.14. The minimum atomic E-state index is -3.53. The highest BCUT2D eigenvalue weighted by Crippen LogP contribution is 2.17. The Hall–Kier alpha value is -0.920. The molecule has 0 saturated heterocycles. The molecule has 0 fully saturated rings. The van der Waals surface area contributed by atoms with Crippen LogP contribution in [0.4, 0.5) is 0 Å². The Balaban J connectivity index is 3.05. The summed E-state index contributed by atoms with van der Waals surface area (Å²) in [6.45, 7) is 6.76. The van der Waals surface area contributed by atoms with Crippen LogP contribution >= 0.6 is 0 Å². The van der Waals surface area contributed by atoms with Gasteiger partial charge < -0.3 is 10.3 Å². The molecule has 0 radical (unpaired) electrons. The maximum Gasteiger partial charge on any atom is 0.262 e. The van der Waals surface area contributed by atoms with Crippen LogP contribution in [0, 0.1) is 6.92 Å². The van der Waals surface area contributed by atoms with E-state index in [0.29, 0.717) is 25.3 Å². The number of sulfonamides is 1. The fourth-order valence-electron chi connectivity index (χ4n) is 1.73. The van der Waals surface area contributed by atoms with Crippen molar-refractivity contribution in [2.45, 2.75) is 44.8 Å². The average Bonchev–Trinajstić information content (AvgIpc) is 2.70. The Morgan fingerprint density at radius 2 is 2.17 bits per heavy atom. The van der Waals surface area contributed by atoms with Crippen molar-refractivity contribution in [3.63, 3.8) is 0 Å². The van der Waals surface area contributed by atoms with Crippen molar-refractivity contribution in [2.75, 3.05) is 13.6 Å². The van der Waals surface area contributed by atoms with Gasteiger partial charge in [-0.15, -0.1) is 0 Å². The molecule has 0 bridgehead atoms. The summed E-state index contributed by atoms with van der Waals surface area (Å²) in [6.07, 6.45) is 2.21. The molecule has 104 valence electrons. The lowest BCUT2D eigenvalue weighted by Gasteiger charge is -2.22. The molecular weight excluding hydrogens is 252 g/mol. The number of aryl methyl sites for hydroxylation is 2. The lowest BCUT2D eigenvalue weighted by Crippen LogP contribution is -2.36. The van der Waals surface area contributed by atoms with Crippen molar-refractivity contribution in [2.24, 2.45) is 5.73 Å². The zero-order valence-electron chi connectivity index (χ0n) is 11.4. The van der Waals surface area contributed by atoms with E-state index >= 15 is 0 Å². The zero-order chi connectivity index (χ0) is 13.9. The highest BCUT2D eigenvalue weighted by Gasteiger charge is 2.27. The van der Waals surface area contributed by atoms with Crippen molar-refractivity contribution in [1.29, 1.82) is 0 Å². The van der Waals surface area contributed by atoms with Gasteiger partial charge in [0.05, 0.1) is 0 Å². The number of rotatable bonds is 6. The molecular formula is C11H22N4O2S. The number of nitrogens with two attached hydrogens (primary N) is 1. The van der Waals surface area contributed by atoms with Gasteiger partial charge in [-0.1, -0.05) is 0 Å². The fraction of sp³-hybridized carbons (Fsp3) is 0.727. The molecule has 2 N–H and O–H groups in total. The summed E-state index contributed by atoms with van der Waals surface area (Å²) in [6, 6.07) is -0.132. The van der Waals surface area contributed by atoms with Crippen LogP contribution < -0.4 is 5.73 Å². The molecule has 0 aromatic carbocycles. The quantitative estimate of drug-likeness (QED) is 0.822. The molecule has 0 aliphatic carbocycles. The van der Waals surface area contributed by atoms with Crippen molar-refractivity contribution in [3.8, 4) is 0 Å². The van der Waals surface area contributed by atoms with Crippen LogP contribution in [0.2, 0.25) is 0 Å². The van der Waals surface area contributed by atoms with Crippen LogP contribution in [-0.2, 0) is 16.6 Å². The molecule has 0 amide bonds. The summed E-state index contributed by atoms with van der Waals surface area (Å²) in [5.41, 5.74) is 5.46. The lowest BCUT2D eigenvalue weighted by atomic mass is 10.2. The first-order valence-electron chi connectivity index (χ1n) is 6.06. The monoisotopic (exact) mass is 274 g/mol. The number of imidazole rings is 1. The standard InChI is InChI=1S/C11H22N4O2S/c1-5-15-8-11(13-10(15)3)18(16,17)14(4)9(2)6-7-12/h8-9H,5-7,12H2,1-4H3. The van der Waals surface area contributed by atoms with Gasteiger partial charge >= 0.3 is 0 Å². The molecule has 18 heavy (non-hydrogen) atoms. The minimum absolute atomic E-state index is 0.105. The fourth-order valence-corrected chi connectivity index (χ4v) is 3.11. The zero-order valence-corrected chi connectivity index (χ0v) is 12.2. The molecule has 0 saturated carbocycles. The Morgan fingerprint density at radius 1 is 1.56 bits per heavy atom. The summed E-state index contributed by atoms with van der Waals surface area (Å²) in [7, 11) is -1.96. The Labute approximate surface area is 109 Å². The maximum absolute atomic E-state index is 12.3. The molecule has 1 unspecified atom stereocenters. The van der Waals surface area contributed by atoms with Crippen LogP contribution in [-0.4, -0.2) is 41.9 Å². The SMILES string of the molecule is CCn1cc(S(=O)(=O)N(C)C(C)CCN)nc1C. The number of aromatic nitrogens is 2. The Bertz CT molecular complexity index is 495. The molecule has 0 aliphatic rings. The van der Waals surface area contributed by atoms with Gasteiger partial charge in [-0.2, -0.15) is 4.31 Å². The largest absolute Gasteiger partial charge is 0.334 e. The normalized spacial score (nSPS) is 14.1. The summed E-state index contributed by atoms with van der Waals surface area (Å²) >= 11 is 0. The van der Waals surface area contributed by atoms with E-state index in [1.807, 2.05) is 18.4 Å². The van der Waals surface area contributed by atoms with Crippen LogP contribution in [0.5, 0.6) is 0 Å². The van der Waals surface area contributed by atoms with E-state index in [-0.39, 0.29) is 11.1 Å². The Kier molecular flexibility index (Phi) is 4.89. The van der Waals surface area contributed by atoms with E-state index in [0.717, 1.165) is 0 Å².